The first-order chi connectivity index (χ1) is 11.2. The van der Waals surface area contributed by atoms with E-state index in [0.29, 0.717) is 0 Å². The van der Waals surface area contributed by atoms with Crippen molar-refractivity contribution in [3.63, 3.8) is 0 Å². The van der Waals surface area contributed by atoms with Crippen molar-refractivity contribution < 1.29 is 10.2 Å². The Labute approximate surface area is 136 Å². The molecule has 5 unspecified atom stereocenters. The van der Waals surface area contributed by atoms with Crippen molar-refractivity contribution in [2.24, 2.45) is 5.73 Å². The van der Waals surface area contributed by atoms with Gasteiger partial charge in [-0.2, -0.15) is 0 Å². The Morgan fingerprint density at radius 1 is 0.870 bits per heavy atom. The van der Waals surface area contributed by atoms with E-state index in [2.05, 4.69) is 17.4 Å². The normalized spacial score (nSPS) is 32.4. The quantitative estimate of drug-likeness (QED) is 0.681. The maximum Gasteiger partial charge on any atom is 0.0962 e. The van der Waals surface area contributed by atoms with Crippen LogP contribution in [0.25, 0.3) is 0 Å². The van der Waals surface area contributed by atoms with E-state index in [1.807, 2.05) is 36.4 Å². The van der Waals surface area contributed by atoms with Crippen LogP contribution in [0.3, 0.4) is 0 Å². The molecule has 0 amide bonds. The fourth-order valence-electron chi connectivity index (χ4n) is 4.00. The van der Waals surface area contributed by atoms with E-state index in [1.165, 1.54) is 5.56 Å². The summed E-state index contributed by atoms with van der Waals surface area (Å²) in [6.07, 6.45) is 0.522. The monoisotopic (exact) mass is 310 g/mol. The lowest BCUT2D eigenvalue weighted by Crippen LogP contribution is -2.43. The Hall–Kier alpha value is -1.72. The number of rotatable bonds is 2. The summed E-state index contributed by atoms with van der Waals surface area (Å²) in [6, 6.07) is 15.3. The van der Waals surface area contributed by atoms with Gasteiger partial charge in [-0.1, -0.05) is 48.5 Å². The van der Waals surface area contributed by atoms with Crippen LogP contribution < -0.4 is 11.1 Å². The summed E-state index contributed by atoms with van der Waals surface area (Å²) >= 11 is 0. The third-order valence-corrected chi connectivity index (χ3v) is 5.24. The maximum absolute atomic E-state index is 10.5. The fourth-order valence-corrected chi connectivity index (χ4v) is 4.00. The molecule has 23 heavy (non-hydrogen) atoms. The number of hydrogen-bond acceptors (Lipinski definition) is 4. The van der Waals surface area contributed by atoms with Gasteiger partial charge in [-0.05, 0) is 35.1 Å². The van der Waals surface area contributed by atoms with E-state index in [4.69, 9.17) is 5.73 Å². The number of fused-ring (bicyclic) bond motifs is 2. The van der Waals surface area contributed by atoms with E-state index >= 15 is 0 Å². The number of hydrogen-bond donors (Lipinski definition) is 4. The highest BCUT2D eigenvalue weighted by atomic mass is 16.3. The van der Waals surface area contributed by atoms with Gasteiger partial charge in [-0.25, -0.2) is 0 Å². The summed E-state index contributed by atoms with van der Waals surface area (Å²) in [5, 5.41) is 24.4. The zero-order valence-electron chi connectivity index (χ0n) is 12.9. The van der Waals surface area contributed by atoms with Crippen LogP contribution in [0.5, 0.6) is 0 Å². The molecule has 0 spiro atoms. The second kappa shape index (κ2) is 5.73. The highest BCUT2D eigenvalue weighted by Crippen LogP contribution is 2.40. The zero-order chi connectivity index (χ0) is 16.0. The molecule has 4 nitrogen and oxygen atoms in total. The molecular formula is C19H22N2O2. The predicted octanol–water partition coefficient (Wildman–Crippen LogP) is 1.74. The molecule has 4 heteroatoms. The molecule has 0 aliphatic heterocycles. The van der Waals surface area contributed by atoms with Gasteiger partial charge < -0.3 is 15.9 Å². The minimum absolute atomic E-state index is 0.158. The van der Waals surface area contributed by atoms with E-state index in [0.717, 1.165) is 29.5 Å². The van der Waals surface area contributed by atoms with Crippen LogP contribution in [0, 0.1) is 0 Å². The van der Waals surface area contributed by atoms with Gasteiger partial charge in [0.15, 0.2) is 0 Å². The van der Waals surface area contributed by atoms with Gasteiger partial charge in [0.05, 0.1) is 30.3 Å². The van der Waals surface area contributed by atoms with Crippen LogP contribution >= 0.6 is 0 Å². The zero-order valence-corrected chi connectivity index (χ0v) is 12.9. The van der Waals surface area contributed by atoms with E-state index in [9.17, 15) is 10.2 Å². The molecule has 2 aliphatic rings. The van der Waals surface area contributed by atoms with Crippen molar-refractivity contribution in [3.05, 3.63) is 70.8 Å². The third kappa shape index (κ3) is 2.39. The average molecular weight is 310 g/mol. The molecular weight excluding hydrogens is 288 g/mol. The van der Waals surface area contributed by atoms with E-state index in [-0.39, 0.29) is 12.1 Å². The fraction of sp³-hybridized carbons (Fsp3) is 0.368. The number of aliphatic hydroxyl groups excluding tert-OH is 2. The predicted molar refractivity (Wildman–Crippen MR) is 88.8 cm³/mol. The molecule has 5 atom stereocenters. The van der Waals surface area contributed by atoms with Crippen molar-refractivity contribution in [3.8, 4) is 0 Å². The summed E-state index contributed by atoms with van der Waals surface area (Å²) in [5.74, 6) is 0. The lowest BCUT2D eigenvalue weighted by molar-refractivity contribution is 0.0921. The lowest BCUT2D eigenvalue weighted by Gasteiger charge is -2.34. The minimum Gasteiger partial charge on any atom is -0.391 e. The van der Waals surface area contributed by atoms with E-state index < -0.39 is 18.2 Å². The number of nitrogens with one attached hydrogen (secondary N) is 1. The summed E-state index contributed by atoms with van der Waals surface area (Å²) in [5.41, 5.74) is 10.6. The number of aryl methyl sites for hydroxylation is 1. The Morgan fingerprint density at radius 2 is 1.52 bits per heavy atom. The van der Waals surface area contributed by atoms with Gasteiger partial charge in [0, 0.05) is 0 Å². The van der Waals surface area contributed by atoms with Crippen LogP contribution in [-0.4, -0.2) is 22.4 Å². The number of benzene rings is 2. The molecule has 0 fully saturated rings. The standard InChI is InChI=1S/C19H22N2O2/c20-16-18(13-7-3-4-8-14(13)19(16)23)21-17-12-6-2-1-5-11(12)9-10-15(17)22/h1-8,15-19,21-23H,9-10,20H2. The molecule has 4 rings (SSSR count). The molecule has 0 saturated carbocycles. The van der Waals surface area contributed by atoms with Crippen molar-refractivity contribution in [1.82, 2.24) is 5.32 Å². The molecule has 2 aliphatic carbocycles. The van der Waals surface area contributed by atoms with Crippen molar-refractivity contribution in [2.45, 2.75) is 43.2 Å². The molecule has 0 saturated heterocycles. The summed E-state index contributed by atoms with van der Waals surface area (Å²) in [6.45, 7) is 0. The van der Waals surface area contributed by atoms with Gasteiger partial charge in [0.25, 0.3) is 0 Å². The van der Waals surface area contributed by atoms with Crippen molar-refractivity contribution in [2.75, 3.05) is 0 Å². The molecule has 0 bridgehead atoms. The van der Waals surface area contributed by atoms with Gasteiger partial charge in [0.1, 0.15) is 0 Å². The molecule has 0 heterocycles. The first-order valence-corrected chi connectivity index (χ1v) is 8.21. The van der Waals surface area contributed by atoms with Crippen LogP contribution in [0.1, 0.15) is 46.9 Å². The highest BCUT2D eigenvalue weighted by molar-refractivity contribution is 5.41. The van der Waals surface area contributed by atoms with Crippen LogP contribution in [-0.2, 0) is 6.42 Å². The third-order valence-electron chi connectivity index (χ3n) is 5.24. The largest absolute Gasteiger partial charge is 0.391 e. The van der Waals surface area contributed by atoms with Crippen LogP contribution in [0.2, 0.25) is 0 Å². The van der Waals surface area contributed by atoms with Gasteiger partial charge >= 0.3 is 0 Å². The van der Waals surface area contributed by atoms with Crippen LogP contribution in [0.15, 0.2) is 48.5 Å². The molecule has 0 radical (unpaired) electrons. The Morgan fingerprint density at radius 3 is 2.30 bits per heavy atom. The summed E-state index contributed by atoms with van der Waals surface area (Å²) in [7, 11) is 0. The second-order valence-corrected chi connectivity index (χ2v) is 6.58. The first-order valence-electron chi connectivity index (χ1n) is 8.21. The van der Waals surface area contributed by atoms with Crippen molar-refractivity contribution in [1.29, 1.82) is 0 Å². The first kappa shape index (κ1) is 14.8. The molecule has 120 valence electrons. The van der Waals surface area contributed by atoms with Crippen molar-refractivity contribution >= 4 is 0 Å². The Bertz CT molecular complexity index is 718. The lowest BCUT2D eigenvalue weighted by atomic mass is 9.85. The summed E-state index contributed by atoms with van der Waals surface area (Å²) < 4.78 is 0. The molecule has 5 N–H and O–H groups in total. The minimum atomic E-state index is -0.667. The molecule has 2 aromatic carbocycles. The van der Waals surface area contributed by atoms with E-state index in [1.54, 1.807) is 0 Å². The van der Waals surface area contributed by atoms with Gasteiger partial charge in [-0.3, -0.25) is 5.32 Å². The number of aliphatic hydroxyl groups is 2. The Kier molecular flexibility index (Phi) is 3.70. The smallest absolute Gasteiger partial charge is 0.0962 e. The van der Waals surface area contributed by atoms with Gasteiger partial charge in [0.2, 0.25) is 0 Å². The average Bonchev–Trinajstić information content (AvgIpc) is 2.82. The highest BCUT2D eigenvalue weighted by Gasteiger charge is 2.40. The second-order valence-electron chi connectivity index (χ2n) is 6.58. The molecule has 2 aromatic rings. The SMILES string of the molecule is NC1C(O)c2ccccc2C1NC1c2ccccc2CCC1O. The van der Waals surface area contributed by atoms with Gasteiger partial charge in [-0.15, -0.1) is 0 Å². The van der Waals surface area contributed by atoms with Crippen LogP contribution in [0.4, 0.5) is 0 Å². The molecule has 0 aromatic heterocycles. The summed E-state index contributed by atoms with van der Waals surface area (Å²) in [4.78, 5) is 0. The number of nitrogens with two attached hydrogens (primary N) is 1. The Balaban J connectivity index is 1.68. The maximum atomic E-state index is 10.5. The topological polar surface area (TPSA) is 78.5 Å².